The van der Waals surface area contributed by atoms with E-state index in [-0.39, 0.29) is 17.5 Å². The van der Waals surface area contributed by atoms with Gasteiger partial charge in [0.15, 0.2) is 5.76 Å². The summed E-state index contributed by atoms with van der Waals surface area (Å²) >= 11 is 0. The van der Waals surface area contributed by atoms with Crippen molar-refractivity contribution in [2.24, 2.45) is 0 Å². The van der Waals surface area contributed by atoms with Crippen LogP contribution in [-0.2, 0) is 13.1 Å². The van der Waals surface area contributed by atoms with Gasteiger partial charge in [0.25, 0.3) is 5.91 Å². The number of carbonyl (C=O) groups excluding carboxylic acids is 1. The Hall–Kier alpha value is -3.68. The molecule has 0 radical (unpaired) electrons. The summed E-state index contributed by atoms with van der Waals surface area (Å²) in [5.74, 6) is 0.542. The van der Waals surface area contributed by atoms with Gasteiger partial charge in [0.2, 0.25) is 11.2 Å². The van der Waals surface area contributed by atoms with Crippen LogP contribution in [0.25, 0.3) is 22.6 Å². The van der Waals surface area contributed by atoms with Crippen molar-refractivity contribution in [2.45, 2.75) is 26.9 Å². The van der Waals surface area contributed by atoms with Crippen LogP contribution in [-0.4, -0.2) is 20.6 Å². The highest BCUT2D eigenvalue weighted by molar-refractivity contribution is 5.96. The zero-order valence-electron chi connectivity index (χ0n) is 15.4. The Morgan fingerprint density at radius 1 is 1.25 bits per heavy atom. The topological polar surface area (TPSA) is 103 Å². The minimum absolute atomic E-state index is 0.0646. The number of fused-ring (bicyclic) bond motifs is 1. The van der Waals surface area contributed by atoms with Crippen LogP contribution in [0.15, 0.2) is 56.5 Å². The molecule has 1 N–H and O–H groups in total. The molecule has 0 aliphatic rings. The Labute approximate surface area is 159 Å². The average Bonchev–Trinajstić information content (AvgIpc) is 3.38. The Morgan fingerprint density at radius 3 is 2.86 bits per heavy atom. The highest BCUT2D eigenvalue weighted by Crippen LogP contribution is 2.20. The molecular formula is C20H18N4O4. The molecule has 4 aromatic rings. The van der Waals surface area contributed by atoms with Crippen LogP contribution in [0.2, 0.25) is 0 Å². The van der Waals surface area contributed by atoms with Gasteiger partial charge in [-0.1, -0.05) is 5.16 Å². The molecule has 1 amide bonds. The number of carbonyl (C=O) groups is 1. The van der Waals surface area contributed by atoms with Gasteiger partial charge in [-0.25, -0.2) is 4.98 Å². The Morgan fingerprint density at radius 2 is 2.11 bits per heavy atom. The van der Waals surface area contributed by atoms with Gasteiger partial charge in [0.05, 0.1) is 18.2 Å². The third kappa shape index (κ3) is 3.20. The predicted octanol–water partition coefficient (Wildman–Crippen LogP) is 2.90. The van der Waals surface area contributed by atoms with Gasteiger partial charge in [-0.05, 0) is 38.1 Å². The third-order valence-corrected chi connectivity index (χ3v) is 4.40. The van der Waals surface area contributed by atoms with Crippen molar-refractivity contribution in [2.75, 3.05) is 0 Å². The number of furan rings is 1. The average molecular weight is 378 g/mol. The molecule has 4 aromatic heterocycles. The second kappa shape index (κ2) is 7.15. The van der Waals surface area contributed by atoms with Gasteiger partial charge in [0, 0.05) is 24.5 Å². The fraction of sp³-hybridized carbons (Fsp3) is 0.200. The number of nitrogens with zero attached hydrogens (tertiary/aromatic N) is 3. The number of amides is 1. The summed E-state index contributed by atoms with van der Waals surface area (Å²) in [5.41, 5.74) is 1.62. The summed E-state index contributed by atoms with van der Waals surface area (Å²) < 4.78 is 12.2. The number of aryl methyl sites for hydroxylation is 2. The molecule has 142 valence electrons. The van der Waals surface area contributed by atoms with E-state index in [1.54, 1.807) is 41.1 Å². The Balaban J connectivity index is 1.58. The van der Waals surface area contributed by atoms with Crippen LogP contribution in [0.1, 0.15) is 28.7 Å². The Bertz CT molecular complexity index is 1200. The van der Waals surface area contributed by atoms with Gasteiger partial charge >= 0.3 is 0 Å². The molecule has 8 heteroatoms. The van der Waals surface area contributed by atoms with Crippen LogP contribution in [0, 0.1) is 6.92 Å². The molecule has 0 spiro atoms. The van der Waals surface area contributed by atoms with E-state index in [9.17, 15) is 9.59 Å². The maximum absolute atomic E-state index is 12.8. The number of pyridine rings is 2. The Kier molecular flexibility index (Phi) is 4.52. The van der Waals surface area contributed by atoms with Gasteiger partial charge in [0.1, 0.15) is 16.9 Å². The second-order valence-electron chi connectivity index (χ2n) is 6.32. The SMILES string of the molecule is CCn1cc(C(=O)NCc2cc(-c3ccco3)on2)c(=O)c2ccc(C)nc21. The normalized spacial score (nSPS) is 11.1. The quantitative estimate of drug-likeness (QED) is 0.573. The van der Waals surface area contributed by atoms with Crippen LogP contribution in [0.4, 0.5) is 0 Å². The smallest absolute Gasteiger partial charge is 0.257 e. The van der Waals surface area contributed by atoms with Crippen LogP contribution in [0.3, 0.4) is 0 Å². The molecule has 28 heavy (non-hydrogen) atoms. The van der Waals surface area contributed by atoms with Crippen LogP contribution < -0.4 is 10.7 Å². The van der Waals surface area contributed by atoms with Crippen molar-refractivity contribution in [1.82, 2.24) is 20.0 Å². The van der Waals surface area contributed by atoms with E-state index in [1.165, 1.54) is 6.26 Å². The maximum atomic E-state index is 12.8. The highest BCUT2D eigenvalue weighted by Gasteiger charge is 2.17. The van der Waals surface area contributed by atoms with Crippen LogP contribution in [0.5, 0.6) is 0 Å². The molecule has 8 nitrogen and oxygen atoms in total. The van der Waals surface area contributed by atoms with Crippen molar-refractivity contribution in [3.8, 4) is 11.5 Å². The van der Waals surface area contributed by atoms with Crippen molar-refractivity contribution in [3.63, 3.8) is 0 Å². The third-order valence-electron chi connectivity index (χ3n) is 4.40. The minimum atomic E-state index is -0.475. The monoisotopic (exact) mass is 378 g/mol. The lowest BCUT2D eigenvalue weighted by atomic mass is 10.1. The zero-order valence-corrected chi connectivity index (χ0v) is 15.4. The van der Waals surface area contributed by atoms with Crippen molar-refractivity contribution in [1.29, 1.82) is 0 Å². The van der Waals surface area contributed by atoms with E-state index in [2.05, 4.69) is 15.5 Å². The first kappa shape index (κ1) is 17.7. The van der Waals surface area contributed by atoms with Gasteiger partial charge in [-0.2, -0.15) is 0 Å². The molecule has 0 unspecified atom stereocenters. The molecule has 4 rings (SSSR count). The summed E-state index contributed by atoms with van der Waals surface area (Å²) in [5, 5.41) is 7.05. The fourth-order valence-electron chi connectivity index (χ4n) is 2.96. The second-order valence-corrected chi connectivity index (χ2v) is 6.32. The molecule has 0 bridgehead atoms. The molecule has 0 saturated heterocycles. The molecule has 0 aliphatic heterocycles. The van der Waals surface area contributed by atoms with E-state index < -0.39 is 5.91 Å². The lowest BCUT2D eigenvalue weighted by Gasteiger charge is -2.11. The minimum Gasteiger partial charge on any atom is -0.461 e. The van der Waals surface area contributed by atoms with Crippen LogP contribution >= 0.6 is 0 Å². The lowest BCUT2D eigenvalue weighted by Crippen LogP contribution is -2.29. The number of aromatic nitrogens is 3. The first-order valence-corrected chi connectivity index (χ1v) is 8.85. The molecule has 0 fully saturated rings. The molecular weight excluding hydrogens is 360 g/mol. The molecule has 0 aromatic carbocycles. The number of hydrogen-bond acceptors (Lipinski definition) is 6. The largest absolute Gasteiger partial charge is 0.461 e. The van der Waals surface area contributed by atoms with Gasteiger partial charge < -0.3 is 18.8 Å². The highest BCUT2D eigenvalue weighted by atomic mass is 16.5. The van der Waals surface area contributed by atoms with E-state index in [4.69, 9.17) is 8.94 Å². The lowest BCUT2D eigenvalue weighted by molar-refractivity contribution is 0.0948. The van der Waals surface area contributed by atoms with Crippen molar-refractivity contribution >= 4 is 16.9 Å². The number of nitrogens with one attached hydrogen (secondary N) is 1. The predicted molar refractivity (Wildman–Crippen MR) is 102 cm³/mol. The number of rotatable bonds is 5. The van der Waals surface area contributed by atoms with E-state index in [0.29, 0.717) is 34.8 Å². The van der Waals surface area contributed by atoms with E-state index >= 15 is 0 Å². The molecule has 0 atom stereocenters. The summed E-state index contributed by atoms with van der Waals surface area (Å²) in [4.78, 5) is 29.8. The van der Waals surface area contributed by atoms with Gasteiger partial charge in [-0.3, -0.25) is 9.59 Å². The van der Waals surface area contributed by atoms with Crippen molar-refractivity contribution in [3.05, 3.63) is 70.0 Å². The fourth-order valence-corrected chi connectivity index (χ4v) is 2.96. The standard InChI is InChI=1S/C20H18N4O4/c1-3-24-11-15(18(25)14-7-6-12(2)22-19(14)24)20(26)21-10-13-9-17(28-23-13)16-5-4-8-27-16/h4-9,11H,3,10H2,1-2H3,(H,21,26). The van der Waals surface area contributed by atoms with Crippen molar-refractivity contribution < 1.29 is 13.7 Å². The van der Waals surface area contributed by atoms with Gasteiger partial charge in [-0.15, -0.1) is 0 Å². The summed E-state index contributed by atoms with van der Waals surface area (Å²) in [6, 6.07) is 8.64. The molecule has 4 heterocycles. The summed E-state index contributed by atoms with van der Waals surface area (Å²) in [7, 11) is 0. The first-order chi connectivity index (χ1) is 13.6. The maximum Gasteiger partial charge on any atom is 0.257 e. The number of hydrogen-bond donors (Lipinski definition) is 1. The molecule has 0 aliphatic carbocycles. The molecule has 0 saturated carbocycles. The summed E-state index contributed by atoms with van der Waals surface area (Å²) in [6.45, 7) is 4.50. The van der Waals surface area contributed by atoms with E-state index in [1.807, 2.05) is 13.8 Å². The summed E-state index contributed by atoms with van der Waals surface area (Å²) in [6.07, 6.45) is 3.08. The zero-order chi connectivity index (χ0) is 19.7. The van der Waals surface area contributed by atoms with E-state index in [0.717, 1.165) is 5.69 Å². The first-order valence-electron chi connectivity index (χ1n) is 8.85.